The van der Waals surface area contributed by atoms with E-state index in [4.69, 9.17) is 0 Å². The summed E-state index contributed by atoms with van der Waals surface area (Å²) in [5, 5.41) is 2.96. The highest BCUT2D eigenvalue weighted by Gasteiger charge is 2.40. The second kappa shape index (κ2) is 12.5. The van der Waals surface area contributed by atoms with Gasteiger partial charge in [-0.3, -0.25) is 14.4 Å². The molecule has 0 bridgehead atoms. The first-order chi connectivity index (χ1) is 19.1. The average molecular weight is 562 g/mol. The van der Waals surface area contributed by atoms with E-state index in [1.165, 1.54) is 12.1 Å². The Morgan fingerprint density at radius 1 is 0.900 bits per heavy atom. The van der Waals surface area contributed by atoms with Crippen molar-refractivity contribution < 1.29 is 22.8 Å². The van der Waals surface area contributed by atoms with Gasteiger partial charge in [-0.15, -0.1) is 0 Å². The zero-order chi connectivity index (χ0) is 28.9. The number of nitrogens with zero attached hydrogens (tertiary/aromatic N) is 2. The molecule has 1 N–H and O–H groups in total. The third-order valence-corrected chi connectivity index (χ3v) is 8.68. The Morgan fingerprint density at radius 2 is 1.55 bits per heavy atom. The van der Waals surface area contributed by atoms with Crippen molar-refractivity contribution in [2.75, 3.05) is 6.54 Å². The van der Waals surface area contributed by atoms with E-state index in [0.29, 0.717) is 6.42 Å². The van der Waals surface area contributed by atoms with Crippen LogP contribution in [0.25, 0.3) is 0 Å². The van der Waals surface area contributed by atoms with Crippen molar-refractivity contribution >= 4 is 27.7 Å². The van der Waals surface area contributed by atoms with Crippen molar-refractivity contribution in [1.29, 1.82) is 0 Å². The van der Waals surface area contributed by atoms with Crippen molar-refractivity contribution in [2.24, 2.45) is 0 Å². The highest BCUT2D eigenvalue weighted by atomic mass is 32.2. The number of hydrogen-bond donors (Lipinski definition) is 1. The fraction of sp³-hybridized carbons (Fsp3) is 0.323. The standard InChI is InChI=1S/C31H35N3O5S/c1-22(2)32-30(36)27(20-24-10-5-4-6-11-24)33(21-25-17-15-23(3)16-18-25)29(35)14-9-19-34-31(37)26-12-7-8-13-28(26)40(34,38)39/h4-8,10-13,15-18,22,27H,9,14,19-21H2,1-3H3,(H,32,36)/t27-/m1/s1. The number of aryl methyl sites for hydroxylation is 1. The predicted octanol–water partition coefficient (Wildman–Crippen LogP) is 4.08. The molecule has 4 rings (SSSR count). The van der Waals surface area contributed by atoms with E-state index in [1.54, 1.807) is 17.0 Å². The zero-order valence-corrected chi connectivity index (χ0v) is 23.9. The summed E-state index contributed by atoms with van der Waals surface area (Å²) in [5.41, 5.74) is 3.02. The van der Waals surface area contributed by atoms with Gasteiger partial charge < -0.3 is 10.2 Å². The molecule has 0 unspecified atom stereocenters. The average Bonchev–Trinajstić information content (AvgIpc) is 3.12. The minimum absolute atomic E-state index is 0.0133. The van der Waals surface area contributed by atoms with Crippen LogP contribution in [0.1, 0.15) is 53.7 Å². The normalized spacial score (nSPS) is 14.6. The predicted molar refractivity (Wildman–Crippen MR) is 153 cm³/mol. The number of sulfonamides is 1. The first-order valence-electron chi connectivity index (χ1n) is 13.4. The Balaban J connectivity index is 1.56. The number of carbonyl (C=O) groups excluding carboxylic acids is 3. The van der Waals surface area contributed by atoms with E-state index < -0.39 is 22.0 Å². The Bertz CT molecular complexity index is 1470. The van der Waals surface area contributed by atoms with Crippen molar-refractivity contribution in [1.82, 2.24) is 14.5 Å². The summed E-state index contributed by atoms with van der Waals surface area (Å²) < 4.78 is 26.7. The molecule has 1 heterocycles. The molecule has 8 nitrogen and oxygen atoms in total. The van der Waals surface area contributed by atoms with Crippen molar-refractivity contribution in [3.05, 3.63) is 101 Å². The fourth-order valence-corrected chi connectivity index (χ4v) is 6.40. The minimum Gasteiger partial charge on any atom is -0.352 e. The van der Waals surface area contributed by atoms with Crippen LogP contribution in [-0.2, 0) is 32.6 Å². The van der Waals surface area contributed by atoms with Crippen molar-refractivity contribution in [3.8, 4) is 0 Å². The number of benzene rings is 3. The van der Waals surface area contributed by atoms with Crippen molar-refractivity contribution in [3.63, 3.8) is 0 Å². The molecule has 0 saturated heterocycles. The van der Waals surface area contributed by atoms with Crippen LogP contribution in [0.4, 0.5) is 0 Å². The lowest BCUT2D eigenvalue weighted by molar-refractivity contribution is -0.141. The van der Waals surface area contributed by atoms with Crippen LogP contribution in [0.15, 0.2) is 83.8 Å². The molecule has 1 aliphatic heterocycles. The van der Waals surface area contributed by atoms with Gasteiger partial charge >= 0.3 is 0 Å². The van der Waals surface area contributed by atoms with Gasteiger partial charge in [0, 0.05) is 32.0 Å². The van der Waals surface area contributed by atoms with Gasteiger partial charge in [-0.25, -0.2) is 12.7 Å². The van der Waals surface area contributed by atoms with Crippen LogP contribution in [0.5, 0.6) is 0 Å². The van der Waals surface area contributed by atoms with E-state index in [2.05, 4.69) is 5.32 Å². The van der Waals surface area contributed by atoms with E-state index in [0.717, 1.165) is 21.0 Å². The van der Waals surface area contributed by atoms with Gasteiger partial charge in [0.2, 0.25) is 11.8 Å². The SMILES string of the molecule is Cc1ccc(CN(C(=O)CCCN2C(=O)c3ccccc3S2(=O)=O)[C@H](Cc2ccccc2)C(=O)NC(C)C)cc1. The maximum absolute atomic E-state index is 13.8. The molecular weight excluding hydrogens is 526 g/mol. The zero-order valence-electron chi connectivity index (χ0n) is 23.0. The van der Waals surface area contributed by atoms with Gasteiger partial charge in [-0.2, -0.15) is 0 Å². The molecule has 210 valence electrons. The molecule has 1 aliphatic rings. The molecule has 0 aliphatic carbocycles. The number of amides is 3. The lowest BCUT2D eigenvalue weighted by Crippen LogP contribution is -2.51. The van der Waals surface area contributed by atoms with Gasteiger partial charge in [-0.05, 0) is 50.5 Å². The lowest BCUT2D eigenvalue weighted by Gasteiger charge is -2.32. The fourth-order valence-electron chi connectivity index (χ4n) is 4.79. The molecule has 0 saturated carbocycles. The molecule has 3 aromatic carbocycles. The summed E-state index contributed by atoms with van der Waals surface area (Å²) >= 11 is 0. The van der Waals surface area contributed by atoms with Crippen LogP contribution in [0.3, 0.4) is 0 Å². The van der Waals surface area contributed by atoms with E-state index >= 15 is 0 Å². The number of rotatable bonds is 11. The minimum atomic E-state index is -3.96. The van der Waals surface area contributed by atoms with Crippen LogP contribution in [0, 0.1) is 6.92 Å². The maximum Gasteiger partial charge on any atom is 0.269 e. The number of nitrogens with one attached hydrogen (secondary N) is 1. The Hall–Kier alpha value is -3.98. The summed E-state index contributed by atoms with van der Waals surface area (Å²) in [4.78, 5) is 41.6. The first kappa shape index (κ1) is 29.0. The number of fused-ring (bicyclic) bond motifs is 1. The molecular formula is C31H35N3O5S. The van der Waals surface area contributed by atoms with Crippen LogP contribution in [0.2, 0.25) is 0 Å². The second-order valence-electron chi connectivity index (χ2n) is 10.4. The lowest BCUT2D eigenvalue weighted by atomic mass is 10.0. The molecule has 0 aromatic heterocycles. The molecule has 0 radical (unpaired) electrons. The summed E-state index contributed by atoms with van der Waals surface area (Å²) in [6.45, 7) is 5.81. The molecule has 3 amide bonds. The summed E-state index contributed by atoms with van der Waals surface area (Å²) in [6.07, 6.45) is 0.430. The molecule has 9 heteroatoms. The van der Waals surface area contributed by atoms with Crippen LogP contribution >= 0.6 is 0 Å². The highest BCUT2D eigenvalue weighted by molar-refractivity contribution is 7.90. The monoisotopic (exact) mass is 561 g/mol. The van der Waals surface area contributed by atoms with E-state index in [1.807, 2.05) is 75.4 Å². The molecule has 1 atom stereocenters. The Kier molecular flexibility index (Phi) is 9.04. The van der Waals surface area contributed by atoms with Crippen LogP contribution in [-0.4, -0.2) is 54.0 Å². The third kappa shape index (κ3) is 6.59. The molecule has 0 fully saturated rings. The number of hydrogen-bond acceptors (Lipinski definition) is 5. The highest BCUT2D eigenvalue weighted by Crippen LogP contribution is 2.30. The van der Waals surface area contributed by atoms with Gasteiger partial charge in [0.1, 0.15) is 10.9 Å². The van der Waals surface area contributed by atoms with Gasteiger partial charge in [-0.1, -0.05) is 72.3 Å². The Morgan fingerprint density at radius 3 is 2.20 bits per heavy atom. The smallest absolute Gasteiger partial charge is 0.269 e. The third-order valence-electron chi connectivity index (χ3n) is 6.84. The van der Waals surface area contributed by atoms with Gasteiger partial charge in [0.15, 0.2) is 0 Å². The topological polar surface area (TPSA) is 104 Å². The summed E-state index contributed by atoms with van der Waals surface area (Å²) in [5.74, 6) is -1.13. The largest absolute Gasteiger partial charge is 0.352 e. The molecule has 3 aromatic rings. The molecule has 0 spiro atoms. The van der Waals surface area contributed by atoms with E-state index in [9.17, 15) is 22.8 Å². The summed E-state index contributed by atoms with van der Waals surface area (Å²) in [6, 6.07) is 22.5. The van der Waals surface area contributed by atoms with E-state index in [-0.39, 0.29) is 54.2 Å². The van der Waals surface area contributed by atoms with Crippen molar-refractivity contribution in [2.45, 2.75) is 63.6 Å². The first-order valence-corrected chi connectivity index (χ1v) is 14.9. The van der Waals surface area contributed by atoms with Crippen LogP contribution < -0.4 is 5.32 Å². The Labute approximate surface area is 236 Å². The molecule has 40 heavy (non-hydrogen) atoms. The van der Waals surface area contributed by atoms with Gasteiger partial charge in [0.05, 0.1) is 5.56 Å². The second-order valence-corrected chi connectivity index (χ2v) is 12.2. The summed E-state index contributed by atoms with van der Waals surface area (Å²) in [7, 11) is -3.96. The number of carbonyl (C=O) groups is 3. The maximum atomic E-state index is 13.8. The van der Waals surface area contributed by atoms with Gasteiger partial charge in [0.25, 0.3) is 15.9 Å². The quantitative estimate of drug-likeness (QED) is 0.380.